The number of benzene rings is 2. The number of hydrogen-bond acceptors (Lipinski definition) is 3. The summed E-state index contributed by atoms with van der Waals surface area (Å²) in [6, 6.07) is 15.0. The van der Waals surface area contributed by atoms with E-state index in [9.17, 15) is 0 Å². The van der Waals surface area contributed by atoms with Gasteiger partial charge in [0.15, 0.2) is 0 Å². The largest absolute Gasteiger partial charge is 0.384 e. The van der Waals surface area contributed by atoms with Crippen molar-refractivity contribution >= 4 is 27.4 Å². The fourth-order valence-electron chi connectivity index (χ4n) is 3.30. The number of pyridine rings is 1. The number of anilines is 1. The SMILES string of the molecule is CCN(CC)CCCNc1cc(C)nc2c1ccc1ccccc12. The van der Waals surface area contributed by atoms with Gasteiger partial charge in [-0.1, -0.05) is 50.2 Å². The number of nitrogens with zero attached hydrogens (tertiary/aromatic N) is 2. The van der Waals surface area contributed by atoms with Crippen molar-refractivity contribution in [1.82, 2.24) is 9.88 Å². The highest BCUT2D eigenvalue weighted by atomic mass is 15.1. The van der Waals surface area contributed by atoms with Crippen LogP contribution in [0.1, 0.15) is 26.0 Å². The predicted molar refractivity (Wildman–Crippen MR) is 105 cm³/mol. The molecule has 0 spiro atoms. The molecule has 0 fully saturated rings. The molecular formula is C21H27N3. The quantitative estimate of drug-likeness (QED) is 0.498. The summed E-state index contributed by atoms with van der Waals surface area (Å²) in [4.78, 5) is 7.26. The number of fused-ring (bicyclic) bond motifs is 3. The molecule has 24 heavy (non-hydrogen) atoms. The molecule has 0 saturated heterocycles. The van der Waals surface area contributed by atoms with E-state index in [4.69, 9.17) is 4.98 Å². The molecule has 0 bridgehead atoms. The van der Waals surface area contributed by atoms with Crippen molar-refractivity contribution in [2.75, 3.05) is 31.5 Å². The summed E-state index contributed by atoms with van der Waals surface area (Å²) < 4.78 is 0. The molecule has 0 aliphatic carbocycles. The van der Waals surface area contributed by atoms with E-state index in [1.807, 2.05) is 0 Å². The lowest BCUT2D eigenvalue weighted by atomic mass is 10.0. The van der Waals surface area contributed by atoms with Gasteiger partial charge in [-0.25, -0.2) is 0 Å². The maximum atomic E-state index is 4.80. The fourth-order valence-corrected chi connectivity index (χ4v) is 3.30. The van der Waals surface area contributed by atoms with Gasteiger partial charge in [0.25, 0.3) is 0 Å². The lowest BCUT2D eigenvalue weighted by Crippen LogP contribution is -2.25. The minimum Gasteiger partial charge on any atom is -0.384 e. The summed E-state index contributed by atoms with van der Waals surface area (Å²) in [7, 11) is 0. The molecule has 0 amide bonds. The third-order valence-electron chi connectivity index (χ3n) is 4.69. The molecule has 0 unspecified atom stereocenters. The van der Waals surface area contributed by atoms with Crippen LogP contribution in [0.3, 0.4) is 0 Å². The summed E-state index contributed by atoms with van der Waals surface area (Å²) in [5.74, 6) is 0. The topological polar surface area (TPSA) is 28.2 Å². The molecule has 0 aliphatic rings. The zero-order chi connectivity index (χ0) is 16.9. The van der Waals surface area contributed by atoms with Crippen molar-refractivity contribution in [2.24, 2.45) is 0 Å². The standard InChI is InChI=1S/C21H27N3/c1-4-24(5-2)14-8-13-22-20-15-16(3)23-21-18-10-7-6-9-17(18)11-12-19(20)21/h6-7,9-12,15H,4-5,8,13-14H2,1-3H3,(H,22,23). The van der Waals surface area contributed by atoms with Crippen molar-refractivity contribution in [3.8, 4) is 0 Å². The van der Waals surface area contributed by atoms with Crippen LogP contribution in [-0.2, 0) is 0 Å². The van der Waals surface area contributed by atoms with Crippen molar-refractivity contribution in [3.63, 3.8) is 0 Å². The molecule has 3 heteroatoms. The number of aryl methyl sites for hydroxylation is 1. The minimum absolute atomic E-state index is 0.988. The van der Waals surface area contributed by atoms with E-state index in [2.05, 4.69) is 73.5 Å². The summed E-state index contributed by atoms with van der Waals surface area (Å²) in [5.41, 5.74) is 3.35. The Morgan fingerprint density at radius 1 is 1.00 bits per heavy atom. The van der Waals surface area contributed by atoms with Gasteiger partial charge < -0.3 is 10.2 Å². The smallest absolute Gasteiger partial charge is 0.0804 e. The number of hydrogen-bond donors (Lipinski definition) is 1. The van der Waals surface area contributed by atoms with Crippen molar-refractivity contribution < 1.29 is 0 Å². The van der Waals surface area contributed by atoms with E-state index < -0.39 is 0 Å². The molecule has 3 aromatic rings. The Bertz CT molecular complexity index is 822. The third-order valence-corrected chi connectivity index (χ3v) is 4.69. The summed E-state index contributed by atoms with van der Waals surface area (Å²) >= 11 is 0. The van der Waals surface area contributed by atoms with Crippen LogP contribution in [0, 0.1) is 6.92 Å². The van der Waals surface area contributed by atoms with Crippen LogP contribution in [-0.4, -0.2) is 36.1 Å². The third kappa shape index (κ3) is 3.51. The van der Waals surface area contributed by atoms with E-state index in [1.165, 1.54) is 21.8 Å². The van der Waals surface area contributed by atoms with E-state index in [0.29, 0.717) is 0 Å². The van der Waals surface area contributed by atoms with E-state index >= 15 is 0 Å². The highest BCUT2D eigenvalue weighted by Crippen LogP contribution is 2.29. The van der Waals surface area contributed by atoms with Crippen LogP contribution in [0.2, 0.25) is 0 Å². The van der Waals surface area contributed by atoms with Crippen LogP contribution in [0.25, 0.3) is 21.7 Å². The molecule has 0 radical (unpaired) electrons. The Labute approximate surface area is 144 Å². The molecule has 2 aromatic carbocycles. The molecule has 0 aliphatic heterocycles. The van der Waals surface area contributed by atoms with Crippen LogP contribution in [0.15, 0.2) is 42.5 Å². The molecule has 0 atom stereocenters. The Balaban J connectivity index is 1.84. The molecule has 1 aromatic heterocycles. The maximum absolute atomic E-state index is 4.80. The predicted octanol–water partition coefficient (Wildman–Crippen LogP) is 4.84. The Morgan fingerprint density at radius 3 is 2.58 bits per heavy atom. The van der Waals surface area contributed by atoms with E-state index in [-0.39, 0.29) is 0 Å². The minimum atomic E-state index is 0.988. The molecule has 3 rings (SSSR count). The number of nitrogens with one attached hydrogen (secondary N) is 1. The maximum Gasteiger partial charge on any atom is 0.0804 e. The Kier molecular flexibility index (Phi) is 5.31. The first-order valence-corrected chi connectivity index (χ1v) is 8.98. The number of rotatable bonds is 7. The van der Waals surface area contributed by atoms with Gasteiger partial charge in [-0.3, -0.25) is 4.98 Å². The van der Waals surface area contributed by atoms with Crippen LogP contribution in [0.4, 0.5) is 5.69 Å². The Morgan fingerprint density at radius 2 is 1.79 bits per heavy atom. The summed E-state index contributed by atoms with van der Waals surface area (Å²) in [6.07, 6.45) is 1.15. The second-order valence-corrected chi connectivity index (χ2v) is 6.30. The lowest BCUT2D eigenvalue weighted by molar-refractivity contribution is 0.303. The first kappa shape index (κ1) is 16.7. The van der Waals surface area contributed by atoms with Gasteiger partial charge in [0.05, 0.1) is 5.52 Å². The van der Waals surface area contributed by atoms with Crippen molar-refractivity contribution in [1.29, 1.82) is 0 Å². The van der Waals surface area contributed by atoms with E-state index in [1.54, 1.807) is 0 Å². The lowest BCUT2D eigenvalue weighted by Gasteiger charge is -2.18. The monoisotopic (exact) mass is 321 g/mol. The van der Waals surface area contributed by atoms with Crippen molar-refractivity contribution in [2.45, 2.75) is 27.2 Å². The zero-order valence-electron chi connectivity index (χ0n) is 15.0. The molecule has 3 nitrogen and oxygen atoms in total. The second kappa shape index (κ2) is 7.63. The molecular weight excluding hydrogens is 294 g/mol. The molecule has 126 valence electrons. The molecule has 1 N–H and O–H groups in total. The summed E-state index contributed by atoms with van der Waals surface area (Å²) in [5, 5.41) is 7.31. The Hall–Kier alpha value is -2.13. The zero-order valence-corrected chi connectivity index (χ0v) is 15.0. The summed E-state index contributed by atoms with van der Waals surface area (Å²) in [6.45, 7) is 10.9. The van der Waals surface area contributed by atoms with Gasteiger partial charge in [-0.2, -0.15) is 0 Å². The van der Waals surface area contributed by atoms with Gasteiger partial charge in [0, 0.05) is 28.7 Å². The first-order chi connectivity index (χ1) is 11.7. The van der Waals surface area contributed by atoms with Gasteiger partial charge >= 0.3 is 0 Å². The van der Waals surface area contributed by atoms with Gasteiger partial charge in [0.1, 0.15) is 0 Å². The number of aromatic nitrogens is 1. The normalized spacial score (nSPS) is 11.5. The van der Waals surface area contributed by atoms with Gasteiger partial charge in [0.2, 0.25) is 0 Å². The van der Waals surface area contributed by atoms with E-state index in [0.717, 1.165) is 43.8 Å². The van der Waals surface area contributed by atoms with Crippen molar-refractivity contribution in [3.05, 3.63) is 48.2 Å². The second-order valence-electron chi connectivity index (χ2n) is 6.30. The average Bonchev–Trinajstić information content (AvgIpc) is 2.61. The van der Waals surface area contributed by atoms with Crippen LogP contribution >= 0.6 is 0 Å². The van der Waals surface area contributed by atoms with Crippen LogP contribution in [0.5, 0.6) is 0 Å². The highest BCUT2D eigenvalue weighted by Gasteiger charge is 2.07. The van der Waals surface area contributed by atoms with Gasteiger partial charge in [-0.05, 0) is 44.4 Å². The molecule has 1 heterocycles. The van der Waals surface area contributed by atoms with Crippen LogP contribution < -0.4 is 5.32 Å². The molecule has 0 saturated carbocycles. The fraction of sp³-hybridized carbons (Fsp3) is 0.381. The first-order valence-electron chi connectivity index (χ1n) is 8.98. The highest BCUT2D eigenvalue weighted by molar-refractivity contribution is 6.09. The van der Waals surface area contributed by atoms with Gasteiger partial charge in [-0.15, -0.1) is 0 Å². The average molecular weight is 321 g/mol.